The van der Waals surface area contributed by atoms with E-state index < -0.39 is 5.41 Å². The predicted molar refractivity (Wildman–Crippen MR) is 311 cm³/mol. The van der Waals surface area contributed by atoms with Crippen LogP contribution in [0.15, 0.2) is 249 Å². The van der Waals surface area contributed by atoms with Crippen LogP contribution in [-0.2, 0) is 10.8 Å². The molecule has 3 aromatic heterocycles. The fourth-order valence-corrected chi connectivity index (χ4v) is 13.8. The van der Waals surface area contributed by atoms with Crippen LogP contribution in [0, 0.1) is 0 Å². The molecule has 77 heavy (non-hydrogen) atoms. The Morgan fingerprint density at radius 2 is 0.987 bits per heavy atom. The molecule has 0 unspecified atom stereocenters. The zero-order valence-electron chi connectivity index (χ0n) is 42.9. The summed E-state index contributed by atoms with van der Waals surface area (Å²) in [4.78, 5) is 4.94. The summed E-state index contributed by atoms with van der Waals surface area (Å²) >= 11 is 0. The SMILES string of the molecule is CC(C)(C)c1ccnc(-n2c3ccccc3c3ccc(Oc4cccc(-n5c[n+]6c7c(cccc75)-c5ccccc5-c5ccccc5-c5cccc(C78c9ccccc9C(c9ccccc97)c7ccccc78)c5-6)c4)cc32)c1. The molecule has 10 aromatic carbocycles. The Labute approximate surface area is 447 Å². The largest absolute Gasteiger partial charge is 0.457 e. The van der Waals surface area contributed by atoms with Crippen LogP contribution in [0.3, 0.4) is 0 Å². The van der Waals surface area contributed by atoms with Crippen molar-refractivity contribution < 1.29 is 9.30 Å². The minimum atomic E-state index is -0.637. The van der Waals surface area contributed by atoms with Crippen LogP contribution < -0.4 is 9.30 Å². The number of rotatable bonds is 5. The maximum absolute atomic E-state index is 6.97. The van der Waals surface area contributed by atoms with Crippen molar-refractivity contribution >= 4 is 32.8 Å². The highest BCUT2D eigenvalue weighted by molar-refractivity contribution is 6.09. The predicted octanol–water partition coefficient (Wildman–Crippen LogP) is 17.0. The van der Waals surface area contributed by atoms with Crippen molar-refractivity contribution in [3.05, 3.63) is 294 Å². The molecular formula is C72H51N4O+. The Bertz CT molecular complexity index is 4510. The normalized spacial score (nSPS) is 15.6. The lowest BCUT2D eigenvalue weighted by Crippen LogP contribution is -2.46. The van der Waals surface area contributed by atoms with E-state index in [2.05, 4.69) is 277 Å². The third-order valence-electron chi connectivity index (χ3n) is 17.0. The second kappa shape index (κ2) is 16.2. The summed E-state index contributed by atoms with van der Waals surface area (Å²) < 4.78 is 14.1. The molecule has 5 nitrogen and oxygen atoms in total. The van der Waals surface area contributed by atoms with E-state index in [1.807, 2.05) is 6.20 Å². The van der Waals surface area contributed by atoms with Crippen LogP contribution >= 0.6 is 0 Å². The van der Waals surface area contributed by atoms with Crippen LogP contribution in [0.5, 0.6) is 11.5 Å². The first kappa shape index (κ1) is 43.8. The van der Waals surface area contributed by atoms with Gasteiger partial charge >= 0.3 is 0 Å². The summed E-state index contributed by atoms with van der Waals surface area (Å²) in [6.45, 7) is 6.74. The van der Waals surface area contributed by atoms with Gasteiger partial charge in [0.25, 0.3) is 6.33 Å². The number of fused-ring (bicyclic) bond motifs is 10. The first-order valence-corrected chi connectivity index (χ1v) is 26.8. The van der Waals surface area contributed by atoms with Gasteiger partial charge in [-0.3, -0.25) is 4.57 Å². The maximum atomic E-state index is 6.97. The van der Waals surface area contributed by atoms with Gasteiger partial charge in [-0.25, -0.2) is 4.98 Å². The van der Waals surface area contributed by atoms with Gasteiger partial charge in [0.05, 0.1) is 16.4 Å². The number of benzene rings is 10. The van der Waals surface area contributed by atoms with Gasteiger partial charge in [0.2, 0.25) is 0 Å². The Morgan fingerprint density at radius 1 is 0.455 bits per heavy atom. The van der Waals surface area contributed by atoms with Crippen molar-refractivity contribution in [2.75, 3.05) is 0 Å². The molecule has 13 aromatic rings. The van der Waals surface area contributed by atoms with Crippen LogP contribution in [0.2, 0.25) is 0 Å². The summed E-state index contributed by atoms with van der Waals surface area (Å²) in [5.74, 6) is 2.53. The third kappa shape index (κ3) is 6.17. The van der Waals surface area contributed by atoms with E-state index in [1.165, 1.54) is 83.3 Å². The zero-order valence-corrected chi connectivity index (χ0v) is 42.9. The number of aromatic nitrogens is 4. The molecule has 0 fully saturated rings. The summed E-state index contributed by atoms with van der Waals surface area (Å²) in [5.41, 5.74) is 23.6. The summed E-state index contributed by atoms with van der Waals surface area (Å²) in [6, 6.07) is 87.5. The standard InChI is InChI=1S/C72H51N4O/c1-71(2,3)45-39-40-73-67(41-45)76-64-35-15-11-25-53(64)54-38-37-48(43-66(54)76)77-47-20-16-19-46(42-47)74-44-75-69-55(51-23-6-4-21-49(51)50-22-5-7-24-52(50)56-30-18-36-65(74)70(56)75)29-17-34-63(69)72-60-31-12-8-26-57(60)68(58-27-9-13-32-61(58)72)59-28-10-14-33-62(59)72/h4-44,68H,1-3H3/q+1. The third-order valence-corrected chi connectivity index (χ3v) is 17.0. The molecule has 3 aliphatic carbocycles. The lowest BCUT2D eigenvalue weighted by Gasteiger charge is -2.51. The van der Waals surface area contributed by atoms with Gasteiger partial charge in [-0.15, -0.1) is 0 Å². The molecule has 0 saturated carbocycles. The molecule has 0 spiro atoms. The summed E-state index contributed by atoms with van der Waals surface area (Å²) in [6.07, 6.45) is 4.27. The fraction of sp³-hybridized carbons (Fsp3) is 0.0833. The first-order valence-electron chi connectivity index (χ1n) is 26.8. The molecule has 1 aliphatic heterocycles. The van der Waals surface area contributed by atoms with Crippen LogP contribution in [-0.4, -0.2) is 14.1 Å². The van der Waals surface area contributed by atoms with Gasteiger partial charge in [0.15, 0.2) is 11.0 Å². The van der Waals surface area contributed by atoms with E-state index in [1.54, 1.807) is 0 Å². The molecule has 0 radical (unpaired) electrons. The van der Waals surface area contributed by atoms with Gasteiger partial charge in [-0.05, 0) is 121 Å². The van der Waals surface area contributed by atoms with Crippen molar-refractivity contribution in [2.24, 2.45) is 0 Å². The van der Waals surface area contributed by atoms with E-state index in [0.717, 1.165) is 56.1 Å². The Balaban J connectivity index is 0.933. The van der Waals surface area contributed by atoms with Gasteiger partial charge in [-0.1, -0.05) is 191 Å². The topological polar surface area (TPSA) is 35.9 Å². The van der Waals surface area contributed by atoms with E-state index in [4.69, 9.17) is 9.72 Å². The number of nitrogens with zero attached hydrogens (tertiary/aromatic N) is 4. The van der Waals surface area contributed by atoms with Crippen molar-refractivity contribution in [3.63, 3.8) is 0 Å². The molecule has 0 atom stereocenters. The molecule has 2 bridgehead atoms. The van der Waals surface area contributed by atoms with E-state index >= 15 is 0 Å². The number of ether oxygens (including phenoxy) is 1. The van der Waals surface area contributed by atoms with E-state index in [9.17, 15) is 0 Å². The molecule has 17 rings (SSSR count). The van der Waals surface area contributed by atoms with Crippen LogP contribution in [0.4, 0.5) is 0 Å². The highest BCUT2D eigenvalue weighted by atomic mass is 16.5. The molecule has 0 saturated heterocycles. The zero-order chi connectivity index (χ0) is 51.1. The smallest absolute Gasteiger partial charge is 0.255 e. The Morgan fingerprint density at radius 3 is 1.69 bits per heavy atom. The lowest BCUT2D eigenvalue weighted by molar-refractivity contribution is -0.567. The van der Waals surface area contributed by atoms with Gasteiger partial charge in [-0.2, -0.15) is 9.13 Å². The molecule has 364 valence electrons. The van der Waals surface area contributed by atoms with Crippen molar-refractivity contribution in [1.29, 1.82) is 0 Å². The Kier molecular flexibility index (Phi) is 9.22. The second-order valence-electron chi connectivity index (χ2n) is 22.1. The molecule has 4 aliphatic rings. The van der Waals surface area contributed by atoms with Gasteiger partial charge in [0, 0.05) is 51.7 Å². The van der Waals surface area contributed by atoms with Crippen molar-refractivity contribution in [3.8, 4) is 62.1 Å². The maximum Gasteiger partial charge on any atom is 0.255 e. The number of pyridine rings is 1. The monoisotopic (exact) mass is 987 g/mol. The minimum Gasteiger partial charge on any atom is -0.457 e. The van der Waals surface area contributed by atoms with Crippen LogP contribution in [0.25, 0.3) is 83.4 Å². The fourth-order valence-electron chi connectivity index (χ4n) is 13.8. The average Bonchev–Trinajstić information content (AvgIpc) is 3.94. The van der Waals surface area contributed by atoms with E-state index in [0.29, 0.717) is 0 Å². The molecule has 5 heteroatoms. The van der Waals surface area contributed by atoms with E-state index in [-0.39, 0.29) is 11.3 Å². The molecule has 0 amide bonds. The number of para-hydroxylation sites is 3. The Hall–Kier alpha value is -9.58. The molecule has 0 N–H and O–H groups in total. The number of imidazole rings is 1. The number of hydrogen-bond donors (Lipinski definition) is 0. The quantitative estimate of drug-likeness (QED) is 0.161. The second-order valence-corrected chi connectivity index (χ2v) is 22.1. The number of hydrogen-bond acceptors (Lipinski definition) is 2. The first-order chi connectivity index (χ1) is 37.8. The van der Waals surface area contributed by atoms with Gasteiger partial charge in [0.1, 0.15) is 28.7 Å². The van der Waals surface area contributed by atoms with Gasteiger partial charge < -0.3 is 4.74 Å². The average molecular weight is 988 g/mol. The van der Waals surface area contributed by atoms with Crippen molar-refractivity contribution in [2.45, 2.75) is 37.5 Å². The minimum absolute atomic E-state index is 0.0297. The highest BCUT2D eigenvalue weighted by Gasteiger charge is 2.54. The molecular weight excluding hydrogens is 937 g/mol. The summed E-state index contributed by atoms with van der Waals surface area (Å²) in [5, 5.41) is 2.33. The summed E-state index contributed by atoms with van der Waals surface area (Å²) in [7, 11) is 0. The van der Waals surface area contributed by atoms with Crippen molar-refractivity contribution in [1.82, 2.24) is 14.1 Å². The van der Waals surface area contributed by atoms with Crippen LogP contribution in [0.1, 0.15) is 71.2 Å². The molecule has 4 heterocycles. The highest BCUT2D eigenvalue weighted by Crippen LogP contribution is 2.63. The lowest BCUT2D eigenvalue weighted by atomic mass is 9.50.